The number of hydrogen-bond acceptors (Lipinski definition) is 6. The average Bonchev–Trinajstić information content (AvgIpc) is 2.88. The molecule has 0 fully saturated rings. The van der Waals surface area contributed by atoms with Crippen LogP contribution in [0.1, 0.15) is 34.6 Å². The summed E-state index contributed by atoms with van der Waals surface area (Å²) in [7, 11) is 0. The summed E-state index contributed by atoms with van der Waals surface area (Å²) >= 11 is 0. The Hall–Kier alpha value is -4.66. The lowest BCUT2D eigenvalue weighted by molar-refractivity contribution is -0.123. The fourth-order valence-electron chi connectivity index (χ4n) is 3.61. The summed E-state index contributed by atoms with van der Waals surface area (Å²) in [6.45, 7) is -0.0474. The molecule has 1 aromatic heterocycles. The van der Waals surface area contributed by atoms with Crippen molar-refractivity contribution in [2.45, 2.75) is 26.6 Å². The number of pyridine rings is 1. The molecule has 4 aromatic rings. The maximum Gasteiger partial charge on any atom is 0.387 e. The van der Waals surface area contributed by atoms with E-state index in [4.69, 9.17) is 4.74 Å². The van der Waals surface area contributed by atoms with E-state index in [1.165, 1.54) is 32.0 Å². The molecule has 0 aliphatic heterocycles. The van der Waals surface area contributed by atoms with Crippen molar-refractivity contribution < 1.29 is 32.6 Å². The Labute approximate surface area is 211 Å². The van der Waals surface area contributed by atoms with Crippen LogP contribution in [0.2, 0.25) is 0 Å². The number of para-hydroxylation sites is 1. The van der Waals surface area contributed by atoms with Gasteiger partial charge in [-0.2, -0.15) is 8.78 Å². The summed E-state index contributed by atoms with van der Waals surface area (Å²) in [6, 6.07) is 20.7. The van der Waals surface area contributed by atoms with Gasteiger partial charge in [-0.15, -0.1) is 0 Å². The van der Waals surface area contributed by atoms with Crippen molar-refractivity contribution >= 4 is 34.3 Å². The van der Waals surface area contributed by atoms with E-state index in [0.29, 0.717) is 33.4 Å². The minimum atomic E-state index is -2.94. The van der Waals surface area contributed by atoms with E-state index in [1.807, 2.05) is 0 Å². The van der Waals surface area contributed by atoms with E-state index in [2.05, 4.69) is 15.0 Å². The quantitative estimate of drug-likeness (QED) is 0.238. The van der Waals surface area contributed by atoms with Crippen LogP contribution in [0.15, 0.2) is 78.9 Å². The van der Waals surface area contributed by atoms with Crippen LogP contribution >= 0.6 is 0 Å². The van der Waals surface area contributed by atoms with Gasteiger partial charge in [0.15, 0.2) is 11.9 Å². The number of esters is 1. The van der Waals surface area contributed by atoms with Gasteiger partial charge >= 0.3 is 12.6 Å². The van der Waals surface area contributed by atoms with Crippen LogP contribution in [0.3, 0.4) is 0 Å². The van der Waals surface area contributed by atoms with E-state index >= 15 is 0 Å². The highest BCUT2D eigenvalue weighted by atomic mass is 19.3. The predicted molar refractivity (Wildman–Crippen MR) is 134 cm³/mol. The van der Waals surface area contributed by atoms with Gasteiger partial charge in [-0.25, -0.2) is 9.78 Å². The second-order valence-corrected chi connectivity index (χ2v) is 8.15. The predicted octanol–water partition coefficient (Wildman–Crippen LogP) is 5.89. The highest BCUT2D eigenvalue weighted by molar-refractivity contribution is 6.06. The first-order chi connectivity index (χ1) is 17.7. The average molecular weight is 504 g/mol. The minimum absolute atomic E-state index is 0.00468. The van der Waals surface area contributed by atoms with Gasteiger partial charge in [-0.05, 0) is 74.5 Å². The smallest absolute Gasteiger partial charge is 0.387 e. The largest absolute Gasteiger partial charge is 0.449 e. The second kappa shape index (κ2) is 10.9. The Morgan fingerprint density at radius 2 is 1.59 bits per heavy atom. The molecule has 0 aliphatic carbocycles. The number of hydrogen-bond donors (Lipinski definition) is 1. The number of anilines is 1. The Bertz CT molecular complexity index is 1450. The Kier molecular flexibility index (Phi) is 7.52. The fraction of sp³-hybridized carbons (Fsp3) is 0.143. The number of Topliss-reactive ketones (excluding diaryl/α,β-unsaturated/α-hetero) is 1. The van der Waals surface area contributed by atoms with Gasteiger partial charge in [-0.1, -0.05) is 18.2 Å². The zero-order valence-electron chi connectivity index (χ0n) is 19.9. The lowest BCUT2D eigenvalue weighted by Crippen LogP contribution is -2.30. The van der Waals surface area contributed by atoms with Crippen LogP contribution in [0.25, 0.3) is 22.2 Å². The molecule has 0 aliphatic rings. The molecule has 1 atom stereocenters. The van der Waals surface area contributed by atoms with E-state index in [0.717, 1.165) is 0 Å². The van der Waals surface area contributed by atoms with E-state index in [1.54, 1.807) is 60.7 Å². The van der Waals surface area contributed by atoms with Crippen molar-refractivity contribution in [1.82, 2.24) is 4.98 Å². The van der Waals surface area contributed by atoms with Crippen LogP contribution in [0.4, 0.5) is 14.5 Å². The van der Waals surface area contributed by atoms with Crippen LogP contribution in [-0.2, 0) is 9.53 Å². The number of halogens is 2. The molecule has 0 saturated carbocycles. The number of benzene rings is 3. The number of aromatic nitrogens is 1. The SMILES string of the molecule is CC(=O)c1ccc(NC(=O)[C@H](C)OC(=O)c2cc(-c3ccc(OC(F)F)cc3)nc3ccccc23)cc1. The number of fused-ring (bicyclic) bond motifs is 1. The summed E-state index contributed by atoms with van der Waals surface area (Å²) in [5.41, 5.74) is 2.66. The third-order valence-corrected chi connectivity index (χ3v) is 5.52. The van der Waals surface area contributed by atoms with Crippen molar-refractivity contribution in [3.8, 4) is 17.0 Å². The van der Waals surface area contributed by atoms with Crippen LogP contribution in [0.5, 0.6) is 5.75 Å². The van der Waals surface area contributed by atoms with E-state index in [-0.39, 0.29) is 17.1 Å². The monoisotopic (exact) mass is 504 g/mol. The summed E-state index contributed by atoms with van der Waals surface area (Å²) < 4.78 is 34.8. The standard InChI is InChI=1S/C28H22F2N2O5/c1-16(33)18-7-11-20(12-8-18)31-26(34)17(2)36-27(35)23-15-25(32-24-6-4-3-5-22(23)24)19-9-13-21(14-10-19)37-28(29)30/h3-15,17,28H,1-2H3,(H,31,34)/t17-/m0/s1. The molecule has 188 valence electrons. The number of carbonyl (C=O) groups excluding carboxylic acids is 3. The molecule has 9 heteroatoms. The van der Waals surface area contributed by atoms with Crippen LogP contribution in [0, 0.1) is 0 Å². The maximum atomic E-state index is 13.1. The highest BCUT2D eigenvalue weighted by Gasteiger charge is 2.22. The lowest BCUT2D eigenvalue weighted by Gasteiger charge is -2.15. The van der Waals surface area contributed by atoms with Crippen molar-refractivity contribution in [3.05, 3.63) is 90.0 Å². The lowest BCUT2D eigenvalue weighted by atomic mass is 10.0. The molecule has 7 nitrogen and oxygen atoms in total. The first kappa shape index (κ1) is 25.4. The molecule has 0 spiro atoms. The number of ether oxygens (including phenoxy) is 2. The molecule has 3 aromatic carbocycles. The summed E-state index contributed by atoms with van der Waals surface area (Å²) in [6.07, 6.45) is -1.12. The van der Waals surface area contributed by atoms with Crippen LogP contribution < -0.4 is 10.1 Å². The summed E-state index contributed by atoms with van der Waals surface area (Å²) in [5.74, 6) is -1.37. The second-order valence-electron chi connectivity index (χ2n) is 8.15. The van der Waals surface area contributed by atoms with Crippen molar-refractivity contribution in [2.24, 2.45) is 0 Å². The Balaban J connectivity index is 1.55. The molecule has 0 unspecified atom stereocenters. The van der Waals surface area contributed by atoms with Gasteiger partial charge in [0.25, 0.3) is 5.91 Å². The molecule has 4 rings (SSSR count). The first-order valence-corrected chi connectivity index (χ1v) is 11.3. The molecule has 0 bridgehead atoms. The zero-order valence-corrected chi connectivity index (χ0v) is 19.9. The number of nitrogens with one attached hydrogen (secondary N) is 1. The molecule has 1 N–H and O–H groups in total. The van der Waals surface area contributed by atoms with Crippen molar-refractivity contribution in [3.63, 3.8) is 0 Å². The Morgan fingerprint density at radius 1 is 0.919 bits per heavy atom. The van der Waals surface area contributed by atoms with Gasteiger partial charge < -0.3 is 14.8 Å². The third-order valence-electron chi connectivity index (χ3n) is 5.52. The summed E-state index contributed by atoms with van der Waals surface area (Å²) in [4.78, 5) is 41.7. The van der Waals surface area contributed by atoms with E-state index in [9.17, 15) is 23.2 Å². The molecular formula is C28H22F2N2O5. The molecule has 0 radical (unpaired) electrons. The first-order valence-electron chi connectivity index (χ1n) is 11.3. The molecule has 1 amide bonds. The van der Waals surface area contributed by atoms with Gasteiger partial charge in [-0.3, -0.25) is 9.59 Å². The van der Waals surface area contributed by atoms with Gasteiger partial charge in [0.1, 0.15) is 5.75 Å². The molecular weight excluding hydrogens is 482 g/mol. The van der Waals surface area contributed by atoms with Crippen LogP contribution in [-0.4, -0.2) is 35.4 Å². The zero-order chi connectivity index (χ0) is 26.5. The van der Waals surface area contributed by atoms with Crippen molar-refractivity contribution in [1.29, 1.82) is 0 Å². The fourth-order valence-corrected chi connectivity index (χ4v) is 3.61. The number of carbonyl (C=O) groups is 3. The minimum Gasteiger partial charge on any atom is -0.449 e. The van der Waals surface area contributed by atoms with Gasteiger partial charge in [0.2, 0.25) is 0 Å². The van der Waals surface area contributed by atoms with E-state index < -0.39 is 24.6 Å². The maximum absolute atomic E-state index is 13.1. The summed E-state index contributed by atoms with van der Waals surface area (Å²) in [5, 5.41) is 3.18. The molecule has 0 saturated heterocycles. The number of ketones is 1. The molecule has 37 heavy (non-hydrogen) atoms. The third kappa shape index (κ3) is 6.13. The number of rotatable bonds is 8. The number of nitrogens with zero attached hydrogens (tertiary/aromatic N) is 1. The Morgan fingerprint density at radius 3 is 2.24 bits per heavy atom. The highest BCUT2D eigenvalue weighted by Crippen LogP contribution is 2.27. The van der Waals surface area contributed by atoms with Gasteiger partial charge in [0.05, 0.1) is 16.8 Å². The van der Waals surface area contributed by atoms with Gasteiger partial charge in [0, 0.05) is 22.2 Å². The normalized spacial score (nSPS) is 11.7. The number of alkyl halides is 2. The van der Waals surface area contributed by atoms with Crippen molar-refractivity contribution in [2.75, 3.05) is 5.32 Å². The topological polar surface area (TPSA) is 94.6 Å². The number of amides is 1. The molecule has 1 heterocycles.